The molecule has 0 aliphatic rings. The van der Waals surface area contributed by atoms with Crippen LogP contribution in [0.4, 0.5) is 5.69 Å². The number of aliphatic hydroxyl groups excluding tert-OH is 4. The molecule has 0 spiro atoms. The molecule has 4 N–H and O–H groups in total. The molecular formula is C17H26NO7S+. The van der Waals surface area contributed by atoms with E-state index in [1.807, 2.05) is 0 Å². The van der Waals surface area contributed by atoms with Gasteiger partial charge in [0.05, 0.1) is 25.3 Å². The first-order valence-electron chi connectivity index (χ1n) is 8.17. The lowest BCUT2D eigenvalue weighted by molar-refractivity contribution is -0.428. The molecule has 0 saturated heterocycles. The molecule has 146 valence electrons. The van der Waals surface area contributed by atoms with E-state index in [9.17, 15) is 19.9 Å². The fourth-order valence-electron chi connectivity index (χ4n) is 2.15. The average Bonchev–Trinajstić information content (AvgIpc) is 2.65. The van der Waals surface area contributed by atoms with Crippen molar-refractivity contribution in [2.75, 3.05) is 38.6 Å². The van der Waals surface area contributed by atoms with Crippen LogP contribution in [-0.2, 0) is 4.74 Å². The molecule has 0 bridgehead atoms. The van der Waals surface area contributed by atoms with Crippen molar-refractivity contribution in [2.24, 2.45) is 5.92 Å². The molecule has 1 aromatic carbocycles. The van der Waals surface area contributed by atoms with Crippen molar-refractivity contribution in [1.29, 1.82) is 0 Å². The van der Waals surface area contributed by atoms with Crippen molar-refractivity contribution in [3.8, 4) is 0 Å². The number of nitrogens with zero attached hydrogens (tertiary/aromatic N) is 1. The summed E-state index contributed by atoms with van der Waals surface area (Å²) in [6, 6.07) is 6.16. The van der Waals surface area contributed by atoms with E-state index in [-0.39, 0.29) is 43.7 Å². The molecule has 8 nitrogen and oxygen atoms in total. The van der Waals surface area contributed by atoms with Crippen molar-refractivity contribution >= 4 is 23.2 Å². The highest BCUT2D eigenvalue weighted by Crippen LogP contribution is 2.19. The van der Waals surface area contributed by atoms with Crippen LogP contribution in [0.25, 0.3) is 0 Å². The van der Waals surface area contributed by atoms with E-state index in [0.29, 0.717) is 16.0 Å². The lowest BCUT2D eigenvalue weighted by Gasteiger charge is -2.20. The summed E-state index contributed by atoms with van der Waals surface area (Å²) >= 11 is 1.24. The van der Waals surface area contributed by atoms with E-state index in [4.69, 9.17) is 14.9 Å². The molecule has 0 heterocycles. The lowest BCUT2D eigenvalue weighted by atomic mass is 9.95. The van der Waals surface area contributed by atoms with Crippen LogP contribution < -0.4 is 0 Å². The molecule has 0 amide bonds. The van der Waals surface area contributed by atoms with Crippen LogP contribution in [0, 0.1) is 10.8 Å². The van der Waals surface area contributed by atoms with Crippen LogP contribution in [0.5, 0.6) is 0 Å². The minimum atomic E-state index is -0.911. The molecule has 1 rings (SSSR count). The van der Waals surface area contributed by atoms with E-state index >= 15 is 0 Å². The quantitative estimate of drug-likeness (QED) is 0.165. The highest BCUT2D eigenvalue weighted by atomic mass is 32.2. The number of rotatable bonds is 13. The number of ketones is 1. The second-order valence-electron chi connectivity index (χ2n) is 5.82. The van der Waals surface area contributed by atoms with Crippen LogP contribution in [0.1, 0.15) is 16.8 Å². The number of carbonyl (C=O) groups excluding carboxylic acids is 1. The number of thioether (sulfide) groups is 1. The second-order valence-corrected chi connectivity index (χ2v) is 6.80. The van der Waals surface area contributed by atoms with Gasteiger partial charge < -0.3 is 25.2 Å². The zero-order chi connectivity index (χ0) is 19.5. The van der Waals surface area contributed by atoms with Crippen molar-refractivity contribution in [3.63, 3.8) is 0 Å². The largest absolute Gasteiger partial charge is 0.396 e. The van der Waals surface area contributed by atoms with Gasteiger partial charge in [-0.2, -0.15) is 0 Å². The molecular weight excluding hydrogens is 362 g/mol. The molecule has 2 atom stereocenters. The van der Waals surface area contributed by atoms with E-state index < -0.39 is 18.1 Å². The van der Waals surface area contributed by atoms with Gasteiger partial charge in [-0.3, -0.25) is 4.79 Å². The Labute approximate surface area is 156 Å². The van der Waals surface area contributed by atoms with Gasteiger partial charge in [-0.15, -0.1) is 11.8 Å². The lowest BCUT2D eigenvalue weighted by Crippen LogP contribution is -2.29. The Hall–Kier alpha value is -1.36. The van der Waals surface area contributed by atoms with E-state index in [0.717, 1.165) is 0 Å². The third-order valence-electron chi connectivity index (χ3n) is 3.86. The summed E-state index contributed by atoms with van der Waals surface area (Å²) in [5.74, 6) is -0.449. The van der Waals surface area contributed by atoms with Crippen LogP contribution in [0.3, 0.4) is 0 Å². The normalized spacial score (nSPS) is 13.6. The van der Waals surface area contributed by atoms with Gasteiger partial charge in [-0.25, -0.2) is 0 Å². The minimum absolute atomic E-state index is 0.0262. The number of hydrogen-bond donors (Lipinski definition) is 4. The van der Waals surface area contributed by atoms with Crippen LogP contribution in [0.2, 0.25) is 0 Å². The summed E-state index contributed by atoms with van der Waals surface area (Å²) in [7, 11) is 1.36. The first-order valence-corrected chi connectivity index (χ1v) is 9.32. The van der Waals surface area contributed by atoms with Crippen LogP contribution in [0.15, 0.2) is 24.3 Å². The van der Waals surface area contributed by atoms with Gasteiger partial charge in [0.15, 0.2) is 12.8 Å². The van der Waals surface area contributed by atoms with Crippen molar-refractivity contribution in [2.45, 2.75) is 18.6 Å². The number of ether oxygens (including phenoxy) is 1. The summed E-state index contributed by atoms with van der Waals surface area (Å²) in [6.45, 7) is -0.936. The van der Waals surface area contributed by atoms with Gasteiger partial charge in [0, 0.05) is 52.1 Å². The summed E-state index contributed by atoms with van der Waals surface area (Å²) in [5.41, 5.74) is 0.840. The van der Waals surface area contributed by atoms with E-state index in [2.05, 4.69) is 0 Å². The zero-order valence-electron chi connectivity index (χ0n) is 14.7. The zero-order valence-corrected chi connectivity index (χ0v) is 15.5. The number of aliphatic hydroxyl groups is 4. The van der Waals surface area contributed by atoms with E-state index in [1.54, 1.807) is 12.1 Å². The average molecular weight is 388 g/mol. The highest BCUT2D eigenvalue weighted by Gasteiger charge is 2.23. The highest BCUT2D eigenvalue weighted by molar-refractivity contribution is 7.99. The van der Waals surface area contributed by atoms with Crippen molar-refractivity contribution in [1.82, 2.24) is 0 Å². The summed E-state index contributed by atoms with van der Waals surface area (Å²) in [6.07, 6.45) is -1.60. The number of Topliss-reactive ketones (excluding diaryl/α,β-unsaturated/α-hetero) is 1. The Kier molecular flexibility index (Phi) is 10.6. The standard InChI is InChI=1S/C17H26NO7S/c1-18(24)14-4-2-12(3-5-14)16(22)6-13(7-19)17(23)10-26-11-25-15(8-20)9-21/h2-5,13,15,17,19-21,23H,6-11H2,1H3/q+1. The third-order valence-corrected chi connectivity index (χ3v) is 4.74. The van der Waals surface area contributed by atoms with Crippen molar-refractivity contribution < 1.29 is 34.7 Å². The molecule has 0 aliphatic heterocycles. The maximum Gasteiger partial charge on any atom is 0.255 e. The maximum absolute atomic E-state index is 12.3. The number of benzene rings is 1. The molecule has 0 radical (unpaired) electrons. The van der Waals surface area contributed by atoms with Gasteiger partial charge in [0.2, 0.25) is 0 Å². The Morgan fingerprint density at radius 2 is 1.77 bits per heavy atom. The summed E-state index contributed by atoms with van der Waals surface area (Å²) in [4.78, 5) is 23.5. The minimum Gasteiger partial charge on any atom is -0.396 e. The van der Waals surface area contributed by atoms with Crippen LogP contribution in [-0.4, -0.2) is 81.7 Å². The first kappa shape index (κ1) is 22.7. The fraction of sp³-hybridized carbons (Fsp3) is 0.588. The third kappa shape index (κ3) is 7.48. The maximum atomic E-state index is 12.3. The monoisotopic (exact) mass is 388 g/mol. The SMILES string of the molecule is C[N+](=O)c1ccc(C(=O)CC(CO)C(O)CSCOC(CO)CO)cc1. The number of nitroso groups, excluding NO2 is 1. The van der Waals surface area contributed by atoms with Gasteiger partial charge in [-0.05, 0) is 12.1 Å². The van der Waals surface area contributed by atoms with Crippen molar-refractivity contribution in [3.05, 3.63) is 34.7 Å². The van der Waals surface area contributed by atoms with Gasteiger partial charge >= 0.3 is 0 Å². The Bertz CT molecular complexity index is 563. The topological polar surface area (TPSA) is 127 Å². The number of hydrogen-bond acceptors (Lipinski definition) is 8. The van der Waals surface area contributed by atoms with Gasteiger partial charge in [0.25, 0.3) is 5.69 Å². The molecule has 0 aromatic heterocycles. The molecule has 2 unspecified atom stereocenters. The molecule has 0 fully saturated rings. The Morgan fingerprint density at radius 1 is 1.15 bits per heavy atom. The van der Waals surface area contributed by atoms with Crippen LogP contribution >= 0.6 is 11.8 Å². The predicted octanol–water partition coefficient (Wildman–Crippen LogP) is 0.329. The smallest absolute Gasteiger partial charge is 0.255 e. The predicted molar refractivity (Wildman–Crippen MR) is 97.6 cm³/mol. The van der Waals surface area contributed by atoms with Gasteiger partial charge in [0.1, 0.15) is 6.10 Å². The second kappa shape index (κ2) is 12.1. The summed E-state index contributed by atoms with van der Waals surface area (Å²) < 4.78 is 5.86. The number of carbonyl (C=O) groups is 1. The first-order chi connectivity index (χ1) is 12.4. The molecule has 1 aromatic rings. The summed E-state index contributed by atoms with van der Waals surface area (Å²) in [5, 5.41) is 37.4. The Balaban J connectivity index is 2.48. The molecule has 0 saturated carbocycles. The molecule has 9 heteroatoms. The Morgan fingerprint density at radius 3 is 2.27 bits per heavy atom. The van der Waals surface area contributed by atoms with Gasteiger partial charge in [-0.1, -0.05) is 0 Å². The molecule has 26 heavy (non-hydrogen) atoms. The molecule has 0 aliphatic carbocycles. The van der Waals surface area contributed by atoms with E-state index in [1.165, 1.54) is 30.9 Å². The fourth-order valence-corrected chi connectivity index (χ4v) is 3.05.